The molecular formula is C7H9NO3. The van der Waals surface area contributed by atoms with E-state index in [1.165, 1.54) is 7.05 Å². The number of nitrogens with zero attached hydrogens (tertiary/aromatic N) is 1. The summed E-state index contributed by atoms with van der Waals surface area (Å²) in [5.74, 6) is -1.43. The summed E-state index contributed by atoms with van der Waals surface area (Å²) in [6, 6.07) is 0. The number of carboxylic acids is 1. The molecule has 0 saturated heterocycles. The summed E-state index contributed by atoms with van der Waals surface area (Å²) < 4.78 is 0. The van der Waals surface area contributed by atoms with Crippen molar-refractivity contribution in [2.45, 2.75) is 0 Å². The predicted molar refractivity (Wildman–Crippen MR) is 39.7 cm³/mol. The van der Waals surface area contributed by atoms with Gasteiger partial charge in [0.1, 0.15) is 0 Å². The molecule has 0 unspecified atom stereocenters. The van der Waals surface area contributed by atoms with Crippen molar-refractivity contribution in [3.63, 3.8) is 0 Å². The first kappa shape index (κ1) is 9.42. The minimum atomic E-state index is -1.09. The van der Waals surface area contributed by atoms with E-state index in [2.05, 4.69) is 6.58 Å². The van der Waals surface area contributed by atoms with Crippen LogP contribution in [0.3, 0.4) is 0 Å². The van der Waals surface area contributed by atoms with Gasteiger partial charge >= 0.3 is 5.97 Å². The third-order valence-corrected chi connectivity index (χ3v) is 0.963. The van der Waals surface area contributed by atoms with Crippen LogP contribution in [0.1, 0.15) is 0 Å². The SMILES string of the molecule is C=CC(=O)N(C)C=CC(=O)O. The molecule has 0 heterocycles. The van der Waals surface area contributed by atoms with Gasteiger partial charge in [-0.3, -0.25) is 4.79 Å². The molecule has 0 bridgehead atoms. The van der Waals surface area contributed by atoms with Crippen LogP contribution in [-0.2, 0) is 9.59 Å². The number of aliphatic carboxylic acids is 1. The Morgan fingerprint density at radius 3 is 2.45 bits per heavy atom. The van der Waals surface area contributed by atoms with Crippen LogP contribution >= 0.6 is 0 Å². The van der Waals surface area contributed by atoms with Crippen LogP contribution in [0.25, 0.3) is 0 Å². The van der Waals surface area contributed by atoms with Gasteiger partial charge in [0, 0.05) is 19.3 Å². The maximum atomic E-state index is 10.7. The number of carbonyl (C=O) groups is 2. The molecule has 0 spiro atoms. The van der Waals surface area contributed by atoms with Gasteiger partial charge in [-0.25, -0.2) is 4.79 Å². The van der Waals surface area contributed by atoms with E-state index in [0.29, 0.717) is 0 Å². The van der Waals surface area contributed by atoms with Gasteiger partial charge in [0.15, 0.2) is 0 Å². The van der Waals surface area contributed by atoms with E-state index in [0.717, 1.165) is 23.3 Å². The number of hydrogen-bond acceptors (Lipinski definition) is 2. The highest BCUT2D eigenvalue weighted by Crippen LogP contribution is 1.86. The van der Waals surface area contributed by atoms with Crippen molar-refractivity contribution in [1.29, 1.82) is 0 Å². The van der Waals surface area contributed by atoms with E-state index in [4.69, 9.17) is 5.11 Å². The Kier molecular flexibility index (Phi) is 3.66. The van der Waals surface area contributed by atoms with E-state index in [-0.39, 0.29) is 5.91 Å². The van der Waals surface area contributed by atoms with Crippen LogP contribution in [0, 0.1) is 0 Å². The van der Waals surface area contributed by atoms with Crippen molar-refractivity contribution >= 4 is 11.9 Å². The zero-order chi connectivity index (χ0) is 8.85. The molecule has 1 amide bonds. The van der Waals surface area contributed by atoms with Crippen LogP contribution in [0.5, 0.6) is 0 Å². The first-order valence-electron chi connectivity index (χ1n) is 2.88. The van der Waals surface area contributed by atoms with Gasteiger partial charge in [0.05, 0.1) is 0 Å². The van der Waals surface area contributed by atoms with E-state index in [1.54, 1.807) is 0 Å². The van der Waals surface area contributed by atoms with Gasteiger partial charge in [-0.05, 0) is 6.08 Å². The van der Waals surface area contributed by atoms with Crippen LogP contribution in [0.4, 0.5) is 0 Å². The average molecular weight is 155 g/mol. The van der Waals surface area contributed by atoms with Gasteiger partial charge < -0.3 is 10.0 Å². The largest absolute Gasteiger partial charge is 0.478 e. The molecule has 0 fully saturated rings. The molecule has 0 aromatic heterocycles. The van der Waals surface area contributed by atoms with E-state index < -0.39 is 5.97 Å². The fourth-order valence-electron chi connectivity index (χ4n) is 0.393. The van der Waals surface area contributed by atoms with E-state index >= 15 is 0 Å². The van der Waals surface area contributed by atoms with Gasteiger partial charge in [0.25, 0.3) is 0 Å². The van der Waals surface area contributed by atoms with Gasteiger partial charge in [-0.1, -0.05) is 6.58 Å². The van der Waals surface area contributed by atoms with Crippen LogP contribution in [-0.4, -0.2) is 28.9 Å². The lowest BCUT2D eigenvalue weighted by Crippen LogP contribution is -2.18. The smallest absolute Gasteiger partial charge is 0.329 e. The van der Waals surface area contributed by atoms with E-state index in [9.17, 15) is 9.59 Å². The molecule has 4 nitrogen and oxygen atoms in total. The monoisotopic (exact) mass is 155 g/mol. The average Bonchev–Trinajstić information content (AvgIpc) is 1.98. The van der Waals surface area contributed by atoms with Crippen LogP contribution < -0.4 is 0 Å². The molecule has 0 radical (unpaired) electrons. The highest BCUT2D eigenvalue weighted by molar-refractivity contribution is 5.88. The Bertz CT molecular complexity index is 208. The Morgan fingerprint density at radius 1 is 1.55 bits per heavy atom. The highest BCUT2D eigenvalue weighted by Gasteiger charge is 1.98. The Morgan fingerprint density at radius 2 is 2.09 bits per heavy atom. The van der Waals surface area contributed by atoms with Crippen molar-refractivity contribution in [2.24, 2.45) is 0 Å². The third kappa shape index (κ3) is 3.91. The molecule has 0 aliphatic rings. The normalized spacial score (nSPS) is 9.55. The van der Waals surface area contributed by atoms with Crippen molar-refractivity contribution in [3.8, 4) is 0 Å². The molecule has 60 valence electrons. The summed E-state index contributed by atoms with van der Waals surface area (Å²) in [7, 11) is 1.45. The topological polar surface area (TPSA) is 57.6 Å². The van der Waals surface area contributed by atoms with Gasteiger partial charge in [0.2, 0.25) is 5.91 Å². The van der Waals surface area contributed by atoms with Crippen molar-refractivity contribution in [3.05, 3.63) is 24.9 Å². The summed E-state index contributed by atoms with van der Waals surface area (Å²) in [6.45, 7) is 3.24. The molecule has 0 aromatic carbocycles. The number of hydrogen-bond donors (Lipinski definition) is 1. The summed E-state index contributed by atoms with van der Waals surface area (Å²) in [6.07, 6.45) is 3.14. The Balaban J connectivity index is 4.06. The number of carboxylic acid groups (broad SMARTS) is 1. The summed E-state index contributed by atoms with van der Waals surface area (Å²) in [5, 5.41) is 8.17. The van der Waals surface area contributed by atoms with Gasteiger partial charge in [-0.15, -0.1) is 0 Å². The molecule has 0 saturated carbocycles. The molecule has 1 N–H and O–H groups in total. The molecule has 11 heavy (non-hydrogen) atoms. The first-order chi connectivity index (χ1) is 5.07. The Labute approximate surface area is 64.4 Å². The highest BCUT2D eigenvalue weighted by atomic mass is 16.4. The maximum Gasteiger partial charge on any atom is 0.329 e. The fraction of sp³-hybridized carbons (Fsp3) is 0.143. The predicted octanol–water partition coefficient (Wildman–Crippen LogP) is 0.229. The number of amides is 1. The molecule has 0 aromatic rings. The second-order valence-electron chi connectivity index (χ2n) is 1.81. The van der Waals surface area contributed by atoms with Gasteiger partial charge in [-0.2, -0.15) is 0 Å². The lowest BCUT2D eigenvalue weighted by molar-refractivity contribution is -0.131. The van der Waals surface area contributed by atoms with E-state index in [1.807, 2.05) is 0 Å². The van der Waals surface area contributed by atoms with Crippen molar-refractivity contribution < 1.29 is 14.7 Å². The number of rotatable bonds is 3. The summed E-state index contributed by atoms with van der Waals surface area (Å²) >= 11 is 0. The molecule has 0 aliphatic carbocycles. The molecule has 0 atom stereocenters. The standard InChI is InChI=1S/C7H9NO3/c1-3-6(9)8(2)5-4-7(10)11/h3-5H,1H2,2H3,(H,10,11). The number of likely N-dealkylation sites (N-methyl/N-ethyl adjacent to an activating group) is 1. The second-order valence-corrected chi connectivity index (χ2v) is 1.81. The lowest BCUT2D eigenvalue weighted by Gasteiger charge is -2.06. The maximum absolute atomic E-state index is 10.7. The lowest BCUT2D eigenvalue weighted by atomic mass is 10.5. The first-order valence-corrected chi connectivity index (χ1v) is 2.88. The molecule has 0 rings (SSSR count). The minimum absolute atomic E-state index is 0.345. The quantitative estimate of drug-likeness (QED) is 0.593. The molecular weight excluding hydrogens is 146 g/mol. The third-order valence-electron chi connectivity index (χ3n) is 0.963. The number of carbonyl (C=O) groups excluding carboxylic acids is 1. The summed E-state index contributed by atoms with van der Waals surface area (Å²) in [5.41, 5.74) is 0. The molecule has 4 heteroatoms. The Hall–Kier alpha value is -1.58. The fourth-order valence-corrected chi connectivity index (χ4v) is 0.393. The molecule has 0 aliphatic heterocycles. The minimum Gasteiger partial charge on any atom is -0.478 e. The second kappa shape index (κ2) is 4.27. The zero-order valence-corrected chi connectivity index (χ0v) is 6.15. The summed E-state index contributed by atoms with van der Waals surface area (Å²) in [4.78, 5) is 21.8. The van der Waals surface area contributed by atoms with Crippen molar-refractivity contribution in [1.82, 2.24) is 4.90 Å². The van der Waals surface area contributed by atoms with Crippen molar-refractivity contribution in [2.75, 3.05) is 7.05 Å². The zero-order valence-electron chi connectivity index (χ0n) is 6.15. The van der Waals surface area contributed by atoms with Crippen LogP contribution in [0.15, 0.2) is 24.9 Å². The van der Waals surface area contributed by atoms with Crippen LogP contribution in [0.2, 0.25) is 0 Å².